The highest BCUT2D eigenvalue weighted by Crippen LogP contribution is 2.15. The topological polar surface area (TPSA) is 97.5 Å². The summed E-state index contributed by atoms with van der Waals surface area (Å²) in [5.74, 6) is -1.10. The van der Waals surface area contributed by atoms with E-state index in [0.29, 0.717) is 5.56 Å². The van der Waals surface area contributed by atoms with Gasteiger partial charge in [-0.15, -0.1) is 0 Å². The number of halogens is 1. The van der Waals surface area contributed by atoms with E-state index in [-0.39, 0.29) is 11.3 Å². The lowest BCUT2D eigenvalue weighted by Gasteiger charge is -2.06. The Morgan fingerprint density at radius 2 is 1.78 bits per heavy atom. The fourth-order valence-electron chi connectivity index (χ4n) is 1.13. The molecule has 102 valence electrons. The Labute approximate surface area is 111 Å². The van der Waals surface area contributed by atoms with Crippen molar-refractivity contribution in [3.8, 4) is 0 Å². The van der Waals surface area contributed by atoms with Crippen LogP contribution in [0.2, 0.25) is 0 Å². The smallest absolute Gasteiger partial charge is 0.320 e. The van der Waals surface area contributed by atoms with Crippen molar-refractivity contribution in [1.82, 2.24) is 0 Å². The molecule has 0 saturated heterocycles. The van der Waals surface area contributed by atoms with E-state index in [1.807, 2.05) is 13.8 Å². The van der Waals surface area contributed by atoms with Crippen molar-refractivity contribution in [2.75, 3.05) is 0 Å². The molecule has 0 aromatic heterocycles. The van der Waals surface area contributed by atoms with Gasteiger partial charge in [0.25, 0.3) is 9.05 Å². The van der Waals surface area contributed by atoms with Crippen molar-refractivity contribution in [3.63, 3.8) is 0 Å². The maximum atomic E-state index is 10.9. The Morgan fingerprint density at radius 3 is 2.11 bits per heavy atom. The van der Waals surface area contributed by atoms with Crippen molar-refractivity contribution in [1.29, 1.82) is 0 Å². The first-order valence-electron chi connectivity index (χ1n) is 5.32. The molecule has 0 radical (unpaired) electrons. The summed E-state index contributed by atoms with van der Waals surface area (Å²) >= 11 is 0. The molecule has 0 amide bonds. The second kappa shape index (κ2) is 7.35. The number of benzene rings is 1. The van der Waals surface area contributed by atoms with Crippen molar-refractivity contribution < 1.29 is 18.3 Å². The summed E-state index contributed by atoms with van der Waals surface area (Å²) in [7, 11) is 1.38. The second-order valence-corrected chi connectivity index (χ2v) is 5.80. The van der Waals surface area contributed by atoms with E-state index in [0.717, 1.165) is 0 Å². The predicted octanol–water partition coefficient (Wildman–Crippen LogP) is 1.59. The SMILES string of the molecule is CC.N[C@@H](Cc1ccc(S(=O)(=O)Cl)cc1)C(=O)O. The van der Waals surface area contributed by atoms with Crippen molar-refractivity contribution >= 4 is 25.7 Å². The normalized spacial score (nSPS) is 12.2. The van der Waals surface area contributed by atoms with Gasteiger partial charge in [-0.05, 0) is 24.1 Å². The van der Waals surface area contributed by atoms with E-state index < -0.39 is 21.1 Å². The monoisotopic (exact) mass is 293 g/mol. The lowest BCUT2D eigenvalue weighted by atomic mass is 10.1. The highest BCUT2D eigenvalue weighted by molar-refractivity contribution is 8.13. The predicted molar refractivity (Wildman–Crippen MR) is 70.1 cm³/mol. The van der Waals surface area contributed by atoms with Gasteiger partial charge in [0.2, 0.25) is 0 Å². The van der Waals surface area contributed by atoms with E-state index >= 15 is 0 Å². The lowest BCUT2D eigenvalue weighted by molar-refractivity contribution is -0.138. The van der Waals surface area contributed by atoms with Crippen molar-refractivity contribution in [2.24, 2.45) is 5.73 Å². The van der Waals surface area contributed by atoms with Crippen LogP contribution in [0.3, 0.4) is 0 Å². The first kappa shape index (κ1) is 16.9. The van der Waals surface area contributed by atoms with Crippen LogP contribution in [-0.2, 0) is 20.3 Å². The molecule has 1 aromatic carbocycles. The first-order chi connectivity index (χ1) is 8.30. The molecule has 0 fully saturated rings. The third kappa shape index (κ3) is 5.48. The summed E-state index contributed by atoms with van der Waals surface area (Å²) in [4.78, 5) is 10.5. The van der Waals surface area contributed by atoms with E-state index in [9.17, 15) is 13.2 Å². The van der Waals surface area contributed by atoms with Crippen molar-refractivity contribution in [2.45, 2.75) is 31.2 Å². The van der Waals surface area contributed by atoms with Gasteiger partial charge in [0.1, 0.15) is 6.04 Å². The highest BCUT2D eigenvalue weighted by Gasteiger charge is 2.13. The fourth-order valence-corrected chi connectivity index (χ4v) is 1.90. The summed E-state index contributed by atoms with van der Waals surface area (Å²) in [6.45, 7) is 4.00. The number of hydrogen-bond donors (Lipinski definition) is 2. The van der Waals surface area contributed by atoms with Gasteiger partial charge in [0.15, 0.2) is 0 Å². The van der Waals surface area contributed by atoms with Crippen LogP contribution < -0.4 is 5.73 Å². The Hall–Kier alpha value is -1.11. The molecular weight excluding hydrogens is 278 g/mol. The van der Waals surface area contributed by atoms with Gasteiger partial charge >= 0.3 is 5.97 Å². The molecule has 1 aromatic rings. The average molecular weight is 294 g/mol. The molecule has 1 rings (SSSR count). The van der Waals surface area contributed by atoms with Gasteiger partial charge in [-0.2, -0.15) is 0 Å². The molecule has 5 nitrogen and oxygen atoms in total. The molecule has 0 aliphatic rings. The molecule has 0 heterocycles. The molecular formula is C11H16ClNO4S. The average Bonchev–Trinajstić information content (AvgIpc) is 2.31. The zero-order valence-corrected chi connectivity index (χ0v) is 11.7. The molecule has 18 heavy (non-hydrogen) atoms. The van der Waals surface area contributed by atoms with Crippen LogP contribution in [0.25, 0.3) is 0 Å². The minimum Gasteiger partial charge on any atom is -0.480 e. The molecule has 0 aliphatic heterocycles. The quantitative estimate of drug-likeness (QED) is 0.822. The van der Waals surface area contributed by atoms with Gasteiger partial charge in [-0.1, -0.05) is 26.0 Å². The molecule has 0 unspecified atom stereocenters. The molecule has 0 aliphatic carbocycles. The zero-order chi connectivity index (χ0) is 14.3. The van der Waals surface area contributed by atoms with Gasteiger partial charge in [0, 0.05) is 10.7 Å². The second-order valence-electron chi connectivity index (χ2n) is 3.23. The van der Waals surface area contributed by atoms with E-state index in [1.54, 1.807) is 0 Å². The Bertz CT molecular complexity index is 484. The maximum Gasteiger partial charge on any atom is 0.320 e. The van der Waals surface area contributed by atoms with Crippen LogP contribution in [0, 0.1) is 0 Å². The van der Waals surface area contributed by atoms with Gasteiger partial charge in [-0.25, -0.2) is 8.42 Å². The Kier molecular flexibility index (Phi) is 6.90. The summed E-state index contributed by atoms with van der Waals surface area (Å²) in [5.41, 5.74) is 5.97. The lowest BCUT2D eigenvalue weighted by Crippen LogP contribution is -2.32. The third-order valence-electron chi connectivity index (χ3n) is 1.98. The van der Waals surface area contributed by atoms with Crippen LogP contribution in [0.15, 0.2) is 29.2 Å². The van der Waals surface area contributed by atoms with E-state index in [1.165, 1.54) is 24.3 Å². The number of rotatable bonds is 4. The summed E-state index contributed by atoms with van der Waals surface area (Å²) in [6, 6.07) is 4.59. The molecule has 3 N–H and O–H groups in total. The Balaban J connectivity index is 0.00000137. The molecule has 0 spiro atoms. The first-order valence-corrected chi connectivity index (χ1v) is 7.63. The standard InChI is InChI=1S/C9H10ClNO4S.C2H6/c10-16(14,15)7-3-1-6(2-4-7)5-8(11)9(12)13;1-2/h1-4,8H,5,11H2,(H,12,13);1-2H3/t8-;/m0./s1. The summed E-state index contributed by atoms with van der Waals surface area (Å²) in [6.07, 6.45) is 0.137. The number of carboxylic acid groups (broad SMARTS) is 1. The molecule has 1 atom stereocenters. The largest absolute Gasteiger partial charge is 0.480 e. The Morgan fingerprint density at radius 1 is 1.33 bits per heavy atom. The maximum absolute atomic E-state index is 10.9. The summed E-state index contributed by atoms with van der Waals surface area (Å²) in [5, 5.41) is 8.59. The van der Waals surface area contributed by atoms with Crippen LogP contribution in [-0.4, -0.2) is 25.5 Å². The summed E-state index contributed by atoms with van der Waals surface area (Å²) < 4.78 is 21.8. The number of carbonyl (C=O) groups is 1. The number of nitrogens with two attached hydrogens (primary N) is 1. The van der Waals surface area contributed by atoms with Crippen molar-refractivity contribution in [3.05, 3.63) is 29.8 Å². The van der Waals surface area contributed by atoms with Crippen LogP contribution in [0.5, 0.6) is 0 Å². The minimum absolute atomic E-state index is 0.0261. The van der Waals surface area contributed by atoms with Crippen LogP contribution in [0.4, 0.5) is 0 Å². The number of hydrogen-bond acceptors (Lipinski definition) is 4. The molecule has 0 bridgehead atoms. The molecule has 0 saturated carbocycles. The van der Waals surface area contributed by atoms with Gasteiger partial charge in [0.05, 0.1) is 4.90 Å². The van der Waals surface area contributed by atoms with Crippen LogP contribution >= 0.6 is 10.7 Å². The third-order valence-corrected chi connectivity index (χ3v) is 3.35. The number of aliphatic carboxylic acids is 1. The van der Waals surface area contributed by atoms with Crippen LogP contribution in [0.1, 0.15) is 19.4 Å². The van der Waals surface area contributed by atoms with Gasteiger partial charge in [-0.3, -0.25) is 4.79 Å². The van der Waals surface area contributed by atoms with E-state index in [2.05, 4.69) is 0 Å². The minimum atomic E-state index is -3.74. The zero-order valence-electron chi connectivity index (χ0n) is 10.1. The van der Waals surface area contributed by atoms with Gasteiger partial charge < -0.3 is 10.8 Å². The number of carboxylic acids is 1. The molecule has 7 heteroatoms. The highest BCUT2D eigenvalue weighted by atomic mass is 35.7. The fraction of sp³-hybridized carbons (Fsp3) is 0.364. The van der Waals surface area contributed by atoms with E-state index in [4.69, 9.17) is 21.5 Å².